The molecule has 1 aliphatic rings. The van der Waals surface area contributed by atoms with Crippen LogP contribution in [0.5, 0.6) is 23.0 Å². The maximum absolute atomic E-state index is 12.6. The number of rotatable bonds is 7. The van der Waals surface area contributed by atoms with Gasteiger partial charge in [0.05, 0.1) is 13.7 Å². The van der Waals surface area contributed by atoms with Gasteiger partial charge in [0.25, 0.3) is 5.91 Å². The Morgan fingerprint density at radius 2 is 2.00 bits per heavy atom. The fourth-order valence-electron chi connectivity index (χ4n) is 2.77. The number of nitrogens with zero attached hydrogens (tertiary/aromatic N) is 1. The lowest BCUT2D eigenvalue weighted by molar-refractivity contribution is -0.112. The second-order valence-corrected chi connectivity index (χ2v) is 7.21. The van der Waals surface area contributed by atoms with Crippen molar-refractivity contribution in [2.75, 3.05) is 32.2 Å². The van der Waals surface area contributed by atoms with Crippen molar-refractivity contribution in [2.24, 2.45) is 0 Å². The molecule has 1 aliphatic heterocycles. The van der Waals surface area contributed by atoms with E-state index in [1.165, 1.54) is 13.2 Å². The van der Waals surface area contributed by atoms with Crippen LogP contribution in [0.3, 0.4) is 0 Å². The Labute approximate surface area is 183 Å². The van der Waals surface area contributed by atoms with Gasteiger partial charge in [0.15, 0.2) is 23.0 Å². The van der Waals surface area contributed by atoms with Crippen LogP contribution in [0.1, 0.15) is 18.9 Å². The molecule has 1 N–H and O–H groups in total. The van der Waals surface area contributed by atoms with Gasteiger partial charge in [-0.15, -0.1) is 0 Å². The number of methoxy groups -OCH3 is 1. The van der Waals surface area contributed by atoms with Crippen molar-refractivity contribution in [3.8, 4) is 29.1 Å². The zero-order valence-corrected chi connectivity index (χ0v) is 18.2. The Balaban J connectivity index is 1.82. The lowest BCUT2D eigenvalue weighted by Crippen LogP contribution is -2.17. The predicted octanol–water partition coefficient (Wildman–Crippen LogP) is 4.56. The molecular formula is C22H21BrN2O5. The van der Waals surface area contributed by atoms with Gasteiger partial charge in [0.2, 0.25) is 0 Å². The van der Waals surface area contributed by atoms with Gasteiger partial charge in [-0.1, -0.05) is 22.9 Å². The third kappa shape index (κ3) is 5.05. The lowest BCUT2D eigenvalue weighted by Gasteiger charge is -2.19. The van der Waals surface area contributed by atoms with Crippen molar-refractivity contribution < 1.29 is 23.7 Å². The minimum Gasteiger partial charge on any atom is -0.493 e. The molecule has 30 heavy (non-hydrogen) atoms. The number of hydrogen-bond donors (Lipinski definition) is 1. The summed E-state index contributed by atoms with van der Waals surface area (Å²) in [6, 6.07) is 10.5. The number of benzene rings is 2. The van der Waals surface area contributed by atoms with Crippen LogP contribution >= 0.6 is 15.9 Å². The molecule has 0 bridgehead atoms. The molecule has 8 heteroatoms. The molecule has 0 fully saturated rings. The van der Waals surface area contributed by atoms with Crippen molar-refractivity contribution in [1.82, 2.24) is 0 Å². The number of halogens is 1. The second-order valence-electron chi connectivity index (χ2n) is 6.36. The Morgan fingerprint density at radius 1 is 1.23 bits per heavy atom. The molecule has 0 aliphatic carbocycles. The average Bonchev–Trinajstić information content (AvgIpc) is 2.76. The number of hydrogen-bond acceptors (Lipinski definition) is 6. The maximum Gasteiger partial charge on any atom is 0.266 e. The molecule has 0 saturated carbocycles. The van der Waals surface area contributed by atoms with E-state index in [-0.39, 0.29) is 5.57 Å². The Bertz CT molecular complexity index is 1010. The molecule has 1 amide bonds. The highest BCUT2D eigenvalue weighted by Gasteiger charge is 2.16. The zero-order valence-electron chi connectivity index (χ0n) is 16.7. The summed E-state index contributed by atoms with van der Waals surface area (Å²) >= 11 is 3.47. The summed E-state index contributed by atoms with van der Waals surface area (Å²) < 4.78 is 22.7. The smallest absolute Gasteiger partial charge is 0.266 e. The van der Waals surface area contributed by atoms with Crippen molar-refractivity contribution >= 4 is 33.6 Å². The quantitative estimate of drug-likeness (QED) is 0.469. The van der Waals surface area contributed by atoms with Crippen molar-refractivity contribution in [3.05, 3.63) is 45.9 Å². The summed E-state index contributed by atoms with van der Waals surface area (Å²) in [6.45, 7) is 3.50. The number of nitriles is 1. The van der Waals surface area contributed by atoms with Crippen LogP contribution < -0.4 is 24.3 Å². The Hall–Kier alpha value is -3.18. The van der Waals surface area contributed by atoms with Crippen molar-refractivity contribution in [3.63, 3.8) is 0 Å². The van der Waals surface area contributed by atoms with Gasteiger partial charge in [0.1, 0.15) is 24.9 Å². The SMILES string of the molecule is CCCOc1cc(Br)c(/C=C(\C#N)C(=O)Nc2ccc3c(c2)OCCO3)cc1OC. The number of fused-ring (bicyclic) bond motifs is 1. The normalized spacial score (nSPS) is 12.7. The van der Waals surface area contributed by atoms with E-state index in [4.69, 9.17) is 18.9 Å². The summed E-state index contributed by atoms with van der Waals surface area (Å²) in [4.78, 5) is 12.6. The van der Waals surface area contributed by atoms with Gasteiger partial charge >= 0.3 is 0 Å². The first-order valence-electron chi connectivity index (χ1n) is 9.38. The molecule has 0 radical (unpaired) electrons. The lowest BCUT2D eigenvalue weighted by atomic mass is 10.1. The largest absolute Gasteiger partial charge is 0.493 e. The standard InChI is InChI=1S/C22H21BrN2O5/c1-3-6-28-21-12-17(23)14(10-19(21)27-2)9-15(13-24)22(26)25-16-4-5-18-20(11-16)30-8-7-29-18/h4-5,9-12H,3,6-8H2,1-2H3,(H,25,26)/b15-9+. The molecule has 2 aromatic carbocycles. The highest BCUT2D eigenvalue weighted by Crippen LogP contribution is 2.35. The minimum atomic E-state index is -0.536. The van der Waals surface area contributed by atoms with Crippen LogP contribution in [-0.2, 0) is 4.79 Å². The molecule has 2 aromatic rings. The van der Waals surface area contributed by atoms with Gasteiger partial charge in [-0.25, -0.2) is 0 Å². The number of anilines is 1. The van der Waals surface area contributed by atoms with Crippen LogP contribution in [0.4, 0.5) is 5.69 Å². The van der Waals surface area contributed by atoms with E-state index in [0.717, 1.165) is 6.42 Å². The predicted molar refractivity (Wildman–Crippen MR) is 116 cm³/mol. The highest BCUT2D eigenvalue weighted by molar-refractivity contribution is 9.10. The molecule has 0 aromatic heterocycles. The highest BCUT2D eigenvalue weighted by atomic mass is 79.9. The summed E-state index contributed by atoms with van der Waals surface area (Å²) in [7, 11) is 1.54. The van der Waals surface area contributed by atoms with Gasteiger partial charge in [0, 0.05) is 16.2 Å². The van der Waals surface area contributed by atoms with Crippen LogP contribution in [-0.4, -0.2) is 32.8 Å². The maximum atomic E-state index is 12.6. The molecule has 7 nitrogen and oxygen atoms in total. The third-order valence-corrected chi connectivity index (χ3v) is 4.90. The Morgan fingerprint density at radius 3 is 2.70 bits per heavy atom. The van der Waals surface area contributed by atoms with Crippen LogP contribution in [0, 0.1) is 11.3 Å². The number of nitrogens with one attached hydrogen (secondary N) is 1. The molecule has 0 unspecified atom stereocenters. The van der Waals surface area contributed by atoms with Gasteiger partial charge in [-0.3, -0.25) is 4.79 Å². The summed E-state index contributed by atoms with van der Waals surface area (Å²) in [6.07, 6.45) is 2.35. The molecular weight excluding hydrogens is 452 g/mol. The first-order chi connectivity index (χ1) is 14.5. The summed E-state index contributed by atoms with van der Waals surface area (Å²) in [5.41, 5.74) is 1.06. The average molecular weight is 473 g/mol. The first kappa shape index (κ1) is 21.5. The number of ether oxygens (including phenoxy) is 4. The van der Waals surface area contributed by atoms with Crippen LogP contribution in [0.25, 0.3) is 6.08 Å². The number of carbonyl (C=O) groups is 1. The number of amides is 1. The van der Waals surface area contributed by atoms with Crippen LogP contribution in [0.2, 0.25) is 0 Å². The van der Waals surface area contributed by atoms with Crippen molar-refractivity contribution in [1.29, 1.82) is 5.26 Å². The van der Waals surface area contributed by atoms with Gasteiger partial charge in [-0.05, 0) is 42.3 Å². The zero-order chi connectivity index (χ0) is 21.5. The van der Waals surface area contributed by atoms with Crippen LogP contribution in [0.15, 0.2) is 40.4 Å². The monoisotopic (exact) mass is 472 g/mol. The molecule has 3 rings (SSSR count). The fourth-order valence-corrected chi connectivity index (χ4v) is 3.21. The van der Waals surface area contributed by atoms with E-state index in [0.29, 0.717) is 58.5 Å². The Kier molecular flexibility index (Phi) is 7.20. The van der Waals surface area contributed by atoms with E-state index in [2.05, 4.69) is 21.2 Å². The first-order valence-corrected chi connectivity index (χ1v) is 10.2. The van der Waals surface area contributed by atoms with E-state index in [1.54, 1.807) is 30.3 Å². The third-order valence-electron chi connectivity index (χ3n) is 4.21. The fraction of sp³-hybridized carbons (Fsp3) is 0.273. The summed E-state index contributed by atoms with van der Waals surface area (Å²) in [5.74, 6) is 1.74. The van der Waals surface area contributed by atoms with Gasteiger partial charge < -0.3 is 24.3 Å². The van der Waals surface area contributed by atoms with Crippen molar-refractivity contribution in [2.45, 2.75) is 13.3 Å². The van der Waals surface area contributed by atoms with E-state index in [9.17, 15) is 10.1 Å². The minimum absolute atomic E-state index is 0.0603. The van der Waals surface area contributed by atoms with E-state index in [1.807, 2.05) is 13.0 Å². The topological polar surface area (TPSA) is 89.8 Å². The summed E-state index contributed by atoms with van der Waals surface area (Å²) in [5, 5.41) is 12.2. The van der Waals surface area contributed by atoms with Gasteiger partial charge in [-0.2, -0.15) is 5.26 Å². The van der Waals surface area contributed by atoms with E-state index < -0.39 is 5.91 Å². The number of carbonyl (C=O) groups excluding carboxylic acids is 1. The van der Waals surface area contributed by atoms with E-state index >= 15 is 0 Å². The molecule has 0 atom stereocenters. The second kappa shape index (κ2) is 10.0. The molecule has 156 valence electrons. The molecule has 1 heterocycles. The molecule has 0 saturated heterocycles. The molecule has 0 spiro atoms.